The predicted octanol–water partition coefficient (Wildman–Crippen LogP) is 9.34. The Morgan fingerprint density at radius 1 is 0.612 bits per heavy atom. The number of allylic oxidation sites excluding steroid dienone is 2. The van der Waals surface area contributed by atoms with Gasteiger partial charge < -0.3 is 27.0 Å². The first-order chi connectivity index (χ1) is 23.9. The van der Waals surface area contributed by atoms with Crippen LogP contribution in [0.5, 0.6) is 0 Å². The Morgan fingerprint density at radius 2 is 0.980 bits per heavy atom. The molecule has 0 bridgehead atoms. The van der Waals surface area contributed by atoms with Crippen LogP contribution < -0.4 is 22.1 Å². The fourth-order valence-electron chi connectivity index (χ4n) is 6.44. The van der Waals surface area contributed by atoms with Crippen molar-refractivity contribution in [2.75, 3.05) is 26.2 Å². The summed E-state index contributed by atoms with van der Waals surface area (Å²) in [5.74, 6) is -0.120. The lowest BCUT2D eigenvalue weighted by Crippen LogP contribution is -2.68. The zero-order valence-electron chi connectivity index (χ0n) is 33.2. The van der Waals surface area contributed by atoms with Crippen LogP contribution in [-0.2, 0) is 9.59 Å². The normalized spacial score (nSPS) is 12.8. The zero-order valence-corrected chi connectivity index (χ0v) is 33.2. The van der Waals surface area contributed by atoms with E-state index in [2.05, 4.69) is 42.4 Å². The van der Waals surface area contributed by atoms with E-state index in [1.807, 2.05) is 11.8 Å². The SMILES string of the molecule is CCCCCCCC/C=C\CCCCCCCCN(CCCCCCCCCCCCCCCC)C(=O)CNC(=O)C([NH3+])CCNC(C)N. The number of hydrogen-bond acceptors (Lipinski definition) is 4. The van der Waals surface area contributed by atoms with Gasteiger partial charge in [0.05, 0.1) is 12.7 Å². The highest BCUT2D eigenvalue weighted by Gasteiger charge is 2.20. The van der Waals surface area contributed by atoms with Gasteiger partial charge >= 0.3 is 0 Å². The van der Waals surface area contributed by atoms with Crippen molar-refractivity contribution in [2.45, 2.75) is 219 Å². The minimum atomic E-state index is -0.394. The van der Waals surface area contributed by atoms with Crippen LogP contribution in [0.1, 0.15) is 207 Å². The molecule has 0 aliphatic carbocycles. The summed E-state index contributed by atoms with van der Waals surface area (Å²) in [4.78, 5) is 27.7. The van der Waals surface area contributed by atoms with E-state index in [0.717, 1.165) is 32.4 Å². The molecule has 0 saturated heterocycles. The quantitative estimate of drug-likeness (QED) is 0.0293. The van der Waals surface area contributed by atoms with Gasteiger partial charge in [0.1, 0.15) is 0 Å². The third-order valence-electron chi connectivity index (χ3n) is 9.82. The maximum atomic E-state index is 13.2. The summed E-state index contributed by atoms with van der Waals surface area (Å²) >= 11 is 0. The minimum Gasteiger partial charge on any atom is -0.347 e. The summed E-state index contributed by atoms with van der Waals surface area (Å²) in [5, 5.41) is 5.97. The molecule has 49 heavy (non-hydrogen) atoms. The fraction of sp³-hybridized carbons (Fsp3) is 0.905. The van der Waals surface area contributed by atoms with Crippen molar-refractivity contribution in [2.24, 2.45) is 5.73 Å². The molecule has 0 heterocycles. The number of quaternary nitrogens is 1. The Morgan fingerprint density at radius 3 is 1.37 bits per heavy atom. The molecule has 0 rings (SSSR count). The highest BCUT2D eigenvalue weighted by molar-refractivity contribution is 5.86. The summed E-state index contributed by atoms with van der Waals surface area (Å²) in [7, 11) is 0. The molecule has 0 aliphatic rings. The third-order valence-corrected chi connectivity index (χ3v) is 9.82. The smallest absolute Gasteiger partial charge is 0.278 e. The van der Waals surface area contributed by atoms with E-state index in [1.165, 1.54) is 161 Å². The molecule has 0 aromatic rings. The number of amides is 2. The number of carbonyl (C=O) groups excluding carboxylic acids is 2. The number of nitrogens with one attached hydrogen (secondary N) is 2. The first kappa shape index (κ1) is 47.6. The molecule has 0 saturated carbocycles. The summed E-state index contributed by atoms with van der Waals surface area (Å²) in [6.07, 6.45) is 41.9. The van der Waals surface area contributed by atoms with E-state index < -0.39 is 6.04 Å². The van der Waals surface area contributed by atoms with Crippen LogP contribution in [-0.4, -0.2) is 55.1 Å². The van der Waals surface area contributed by atoms with Gasteiger partial charge in [-0.25, -0.2) is 0 Å². The summed E-state index contributed by atoms with van der Waals surface area (Å²) < 4.78 is 0. The average molecular weight is 693 g/mol. The summed E-state index contributed by atoms with van der Waals surface area (Å²) in [5.41, 5.74) is 9.71. The molecule has 2 unspecified atom stereocenters. The molecule has 7 N–H and O–H groups in total. The fourth-order valence-corrected chi connectivity index (χ4v) is 6.44. The van der Waals surface area contributed by atoms with Gasteiger partial charge in [-0.2, -0.15) is 0 Å². The number of unbranched alkanes of at least 4 members (excludes halogenated alkanes) is 25. The first-order valence-electron chi connectivity index (χ1n) is 21.4. The topological polar surface area (TPSA) is 115 Å². The van der Waals surface area contributed by atoms with Gasteiger partial charge in [0.25, 0.3) is 5.91 Å². The van der Waals surface area contributed by atoms with Gasteiger partial charge in [-0.05, 0) is 45.4 Å². The highest BCUT2D eigenvalue weighted by Crippen LogP contribution is 2.14. The molecule has 2 amide bonds. The van der Waals surface area contributed by atoms with E-state index in [4.69, 9.17) is 5.73 Å². The molecule has 0 radical (unpaired) electrons. The Bertz CT molecular complexity index is 745. The number of nitrogens with two attached hydrogens (primary N) is 1. The van der Waals surface area contributed by atoms with Crippen molar-refractivity contribution in [1.82, 2.24) is 15.5 Å². The maximum absolute atomic E-state index is 13.2. The highest BCUT2D eigenvalue weighted by atomic mass is 16.2. The van der Waals surface area contributed by atoms with Crippen molar-refractivity contribution < 1.29 is 15.3 Å². The largest absolute Gasteiger partial charge is 0.347 e. The zero-order chi connectivity index (χ0) is 36.0. The monoisotopic (exact) mass is 693 g/mol. The van der Waals surface area contributed by atoms with Crippen LogP contribution >= 0.6 is 0 Å². The number of nitrogens with zero attached hydrogens (tertiary/aromatic N) is 1. The van der Waals surface area contributed by atoms with Crippen LogP contribution in [0.25, 0.3) is 0 Å². The van der Waals surface area contributed by atoms with E-state index >= 15 is 0 Å². The van der Waals surface area contributed by atoms with Gasteiger partial charge in [0.2, 0.25) is 5.91 Å². The Kier molecular flexibility index (Phi) is 36.7. The predicted molar refractivity (Wildman–Crippen MR) is 212 cm³/mol. The number of carbonyl (C=O) groups is 2. The van der Waals surface area contributed by atoms with E-state index in [-0.39, 0.29) is 24.5 Å². The van der Waals surface area contributed by atoms with Crippen molar-refractivity contribution in [3.8, 4) is 0 Å². The van der Waals surface area contributed by atoms with Crippen LogP contribution in [0.2, 0.25) is 0 Å². The van der Waals surface area contributed by atoms with E-state index in [9.17, 15) is 9.59 Å². The molecule has 2 atom stereocenters. The van der Waals surface area contributed by atoms with Crippen molar-refractivity contribution in [3.63, 3.8) is 0 Å². The molecule has 0 aliphatic heterocycles. The van der Waals surface area contributed by atoms with Gasteiger partial charge in [-0.3, -0.25) is 9.59 Å². The summed E-state index contributed by atoms with van der Waals surface area (Å²) in [6, 6.07) is -0.394. The Balaban J connectivity index is 4.26. The molecule has 7 nitrogen and oxygen atoms in total. The second kappa shape index (κ2) is 37.8. The van der Waals surface area contributed by atoms with Gasteiger partial charge in [-0.15, -0.1) is 0 Å². The Labute approximate surface area is 305 Å². The number of rotatable bonds is 38. The van der Waals surface area contributed by atoms with Crippen LogP contribution in [0.3, 0.4) is 0 Å². The van der Waals surface area contributed by atoms with Gasteiger partial charge in [-0.1, -0.05) is 167 Å². The lowest BCUT2D eigenvalue weighted by atomic mass is 10.0. The van der Waals surface area contributed by atoms with E-state index in [0.29, 0.717) is 13.0 Å². The molecule has 0 aromatic carbocycles. The van der Waals surface area contributed by atoms with Gasteiger partial charge in [0.15, 0.2) is 6.04 Å². The molecular weight excluding hydrogens is 606 g/mol. The molecular formula is C42H86N5O2+. The molecule has 0 spiro atoms. The van der Waals surface area contributed by atoms with Crippen molar-refractivity contribution >= 4 is 11.8 Å². The first-order valence-corrected chi connectivity index (χ1v) is 21.4. The molecule has 0 aromatic heterocycles. The second-order valence-electron chi connectivity index (χ2n) is 14.9. The summed E-state index contributed by atoms with van der Waals surface area (Å²) in [6.45, 7) is 8.72. The Hall–Kier alpha value is -1.44. The minimum absolute atomic E-state index is 0.0386. The van der Waals surface area contributed by atoms with Crippen molar-refractivity contribution in [3.05, 3.63) is 12.2 Å². The van der Waals surface area contributed by atoms with Crippen LogP contribution in [0.15, 0.2) is 12.2 Å². The van der Waals surface area contributed by atoms with Crippen LogP contribution in [0.4, 0.5) is 0 Å². The third kappa shape index (κ3) is 34.8. The lowest BCUT2D eigenvalue weighted by molar-refractivity contribution is -0.404. The average Bonchev–Trinajstić information content (AvgIpc) is 3.09. The standard InChI is InChI=1S/C42H85N5O2/c1-4-6-8-10-12-14-16-18-20-21-23-25-27-29-31-33-37-47(41(48)38-46-42(49)40(44)34-35-45-39(3)43)36-32-30-28-26-24-22-19-17-15-13-11-9-7-5-2/h18,20,39-40,45H,4-17,19,21-38,43-44H2,1-3H3,(H,46,49)/p+1/b20-18-. The van der Waals surface area contributed by atoms with E-state index in [1.54, 1.807) is 0 Å². The van der Waals surface area contributed by atoms with Gasteiger partial charge in [0, 0.05) is 26.1 Å². The number of hydrogen-bond donors (Lipinski definition) is 4. The maximum Gasteiger partial charge on any atom is 0.278 e. The molecule has 0 fully saturated rings. The van der Waals surface area contributed by atoms with Crippen LogP contribution in [0, 0.1) is 0 Å². The lowest BCUT2D eigenvalue weighted by Gasteiger charge is -2.23. The second-order valence-corrected chi connectivity index (χ2v) is 14.9. The van der Waals surface area contributed by atoms with Crippen molar-refractivity contribution in [1.29, 1.82) is 0 Å². The molecule has 290 valence electrons. The molecule has 7 heteroatoms.